The predicted molar refractivity (Wildman–Crippen MR) is 113 cm³/mol. The zero-order valence-corrected chi connectivity index (χ0v) is 17.5. The topological polar surface area (TPSA) is 68.3 Å². The van der Waals surface area contributed by atoms with E-state index >= 15 is 0 Å². The number of thiazole rings is 1. The molecule has 9 heteroatoms. The lowest BCUT2D eigenvalue weighted by molar-refractivity contribution is -0.119. The Hall–Kier alpha value is -2.12. The molecule has 0 spiro atoms. The molecule has 0 saturated heterocycles. The van der Waals surface area contributed by atoms with Gasteiger partial charge in [-0.1, -0.05) is 46.9 Å². The number of rotatable bonds is 5. The third-order valence-electron chi connectivity index (χ3n) is 3.64. The molecule has 0 fully saturated rings. The fourth-order valence-electron chi connectivity index (χ4n) is 2.37. The number of nitrogens with one attached hydrogen (secondary N) is 1. The third kappa shape index (κ3) is 4.83. The van der Waals surface area contributed by atoms with Crippen molar-refractivity contribution in [1.29, 1.82) is 0 Å². The van der Waals surface area contributed by atoms with Crippen molar-refractivity contribution in [3.63, 3.8) is 0 Å². The van der Waals surface area contributed by atoms with Crippen LogP contribution in [0.1, 0.15) is 15.4 Å². The first-order valence-electron chi connectivity index (χ1n) is 7.98. The molecule has 0 unspecified atom stereocenters. The quantitative estimate of drug-likeness (QED) is 0.385. The van der Waals surface area contributed by atoms with Crippen molar-refractivity contribution in [1.82, 2.24) is 4.98 Å². The second-order valence-electron chi connectivity index (χ2n) is 5.68. The first-order valence-corrected chi connectivity index (χ1v) is 9.99. The zero-order valence-electron chi connectivity index (χ0n) is 14.5. The van der Waals surface area contributed by atoms with E-state index in [1.165, 1.54) is 12.1 Å². The number of benzene rings is 2. The molecule has 5 nitrogen and oxygen atoms in total. The standard InChI is InChI=1S/C19H13Cl3N2O3S/c1-10-23-15(9-28-10)11-3-2-4-12(7-11)24-16(25)8-27-19(26)17-13(20)5-6-14(21)18(17)22/h2-7,9H,8H2,1H3,(H,24,25). The summed E-state index contributed by atoms with van der Waals surface area (Å²) in [7, 11) is 0. The molecule has 0 aliphatic rings. The van der Waals surface area contributed by atoms with Crippen LogP contribution in [0.5, 0.6) is 0 Å². The number of halogens is 3. The molecule has 3 aromatic rings. The Morgan fingerprint density at radius 1 is 1.14 bits per heavy atom. The van der Waals surface area contributed by atoms with Crippen molar-refractivity contribution in [2.45, 2.75) is 6.92 Å². The molecule has 1 amide bonds. The van der Waals surface area contributed by atoms with Gasteiger partial charge in [-0.2, -0.15) is 0 Å². The highest BCUT2D eigenvalue weighted by Crippen LogP contribution is 2.32. The summed E-state index contributed by atoms with van der Waals surface area (Å²) in [6, 6.07) is 10.1. The lowest BCUT2D eigenvalue weighted by atomic mass is 10.1. The Labute approximate surface area is 180 Å². The first kappa shape index (κ1) is 20.6. The average molecular weight is 456 g/mol. The van der Waals surface area contributed by atoms with Crippen molar-refractivity contribution in [3.8, 4) is 11.3 Å². The van der Waals surface area contributed by atoms with Crippen LogP contribution in [-0.4, -0.2) is 23.5 Å². The molecule has 28 heavy (non-hydrogen) atoms. The zero-order chi connectivity index (χ0) is 20.3. The van der Waals surface area contributed by atoms with Crippen LogP contribution in [0.3, 0.4) is 0 Å². The Morgan fingerprint density at radius 2 is 1.89 bits per heavy atom. The first-order chi connectivity index (χ1) is 13.3. The lowest BCUT2D eigenvalue weighted by Gasteiger charge is -2.10. The van der Waals surface area contributed by atoms with Crippen LogP contribution in [0, 0.1) is 6.92 Å². The van der Waals surface area contributed by atoms with Gasteiger partial charge in [0.2, 0.25) is 0 Å². The Balaban J connectivity index is 1.64. The molecule has 144 valence electrons. The summed E-state index contributed by atoms with van der Waals surface area (Å²) in [5.41, 5.74) is 2.18. The summed E-state index contributed by atoms with van der Waals surface area (Å²) in [5.74, 6) is -1.34. The maximum atomic E-state index is 12.2. The summed E-state index contributed by atoms with van der Waals surface area (Å²) in [6.45, 7) is 1.42. The van der Waals surface area contributed by atoms with E-state index in [1.54, 1.807) is 29.5 Å². The van der Waals surface area contributed by atoms with Crippen molar-refractivity contribution in [2.75, 3.05) is 11.9 Å². The van der Waals surface area contributed by atoms with Gasteiger partial charge in [0.1, 0.15) is 0 Å². The summed E-state index contributed by atoms with van der Waals surface area (Å²) in [4.78, 5) is 28.8. The second-order valence-corrected chi connectivity index (χ2v) is 7.93. The molecule has 0 radical (unpaired) electrons. The van der Waals surface area contributed by atoms with Gasteiger partial charge in [0.05, 0.1) is 31.3 Å². The molecule has 0 atom stereocenters. The number of anilines is 1. The lowest BCUT2D eigenvalue weighted by Crippen LogP contribution is -2.21. The number of carbonyl (C=O) groups is 2. The number of ether oxygens (including phenoxy) is 1. The van der Waals surface area contributed by atoms with E-state index in [-0.39, 0.29) is 20.6 Å². The fraction of sp³-hybridized carbons (Fsp3) is 0.105. The number of aromatic nitrogens is 1. The number of hydrogen-bond donors (Lipinski definition) is 1. The SMILES string of the molecule is Cc1nc(-c2cccc(NC(=O)COC(=O)c3c(Cl)ccc(Cl)c3Cl)c2)cs1. The van der Waals surface area contributed by atoms with E-state index < -0.39 is 18.5 Å². The van der Waals surface area contributed by atoms with Gasteiger partial charge >= 0.3 is 5.97 Å². The minimum atomic E-state index is -0.834. The summed E-state index contributed by atoms with van der Waals surface area (Å²) in [5, 5.41) is 5.80. The second kappa shape index (κ2) is 8.92. The van der Waals surface area contributed by atoms with Gasteiger partial charge < -0.3 is 10.1 Å². The van der Waals surface area contributed by atoms with Gasteiger partial charge in [0, 0.05) is 16.6 Å². The van der Waals surface area contributed by atoms with Crippen molar-refractivity contribution in [2.24, 2.45) is 0 Å². The Morgan fingerprint density at radius 3 is 2.61 bits per heavy atom. The highest BCUT2D eigenvalue weighted by atomic mass is 35.5. The summed E-state index contributed by atoms with van der Waals surface area (Å²) < 4.78 is 5.01. The molecular weight excluding hydrogens is 443 g/mol. The van der Waals surface area contributed by atoms with E-state index in [4.69, 9.17) is 39.5 Å². The molecule has 0 saturated carbocycles. The summed E-state index contributed by atoms with van der Waals surface area (Å²) in [6.07, 6.45) is 0. The molecule has 3 rings (SSSR count). The Bertz CT molecular complexity index is 1050. The van der Waals surface area contributed by atoms with Gasteiger partial charge in [-0.15, -0.1) is 11.3 Å². The van der Waals surface area contributed by atoms with Crippen LogP contribution in [-0.2, 0) is 9.53 Å². The molecule has 1 N–H and O–H groups in total. The van der Waals surface area contributed by atoms with Crippen LogP contribution in [0.25, 0.3) is 11.3 Å². The van der Waals surface area contributed by atoms with Crippen molar-refractivity contribution in [3.05, 3.63) is 67.4 Å². The number of nitrogens with zero attached hydrogens (tertiary/aromatic N) is 1. The average Bonchev–Trinajstić information content (AvgIpc) is 3.10. The van der Waals surface area contributed by atoms with E-state index in [1.807, 2.05) is 18.4 Å². The van der Waals surface area contributed by atoms with Crippen LogP contribution in [0.4, 0.5) is 5.69 Å². The highest BCUT2D eigenvalue weighted by Gasteiger charge is 2.19. The van der Waals surface area contributed by atoms with Crippen LogP contribution in [0.15, 0.2) is 41.8 Å². The van der Waals surface area contributed by atoms with Crippen LogP contribution >= 0.6 is 46.1 Å². The smallest absolute Gasteiger partial charge is 0.341 e. The maximum absolute atomic E-state index is 12.2. The fourth-order valence-corrected chi connectivity index (χ4v) is 3.67. The third-order valence-corrected chi connectivity index (χ3v) is 5.54. The normalized spacial score (nSPS) is 10.6. The molecule has 2 aromatic carbocycles. The largest absolute Gasteiger partial charge is 0.452 e. The van der Waals surface area contributed by atoms with Crippen LogP contribution in [0.2, 0.25) is 15.1 Å². The minimum Gasteiger partial charge on any atom is -0.452 e. The molecular formula is C19H13Cl3N2O3S. The minimum absolute atomic E-state index is 0.0224. The molecule has 1 aromatic heterocycles. The van der Waals surface area contributed by atoms with E-state index in [2.05, 4.69) is 10.3 Å². The number of esters is 1. The highest BCUT2D eigenvalue weighted by molar-refractivity contribution is 7.09. The van der Waals surface area contributed by atoms with E-state index in [0.717, 1.165) is 16.3 Å². The molecule has 0 aliphatic carbocycles. The number of hydrogen-bond acceptors (Lipinski definition) is 5. The van der Waals surface area contributed by atoms with E-state index in [0.29, 0.717) is 5.69 Å². The Kier molecular flexibility index (Phi) is 6.57. The van der Waals surface area contributed by atoms with Gasteiger partial charge in [-0.05, 0) is 31.2 Å². The molecule has 0 aliphatic heterocycles. The monoisotopic (exact) mass is 454 g/mol. The maximum Gasteiger partial charge on any atom is 0.341 e. The van der Waals surface area contributed by atoms with Crippen molar-refractivity contribution < 1.29 is 14.3 Å². The van der Waals surface area contributed by atoms with Crippen LogP contribution < -0.4 is 5.32 Å². The summed E-state index contributed by atoms with van der Waals surface area (Å²) >= 11 is 19.4. The number of carbonyl (C=O) groups excluding carboxylic acids is 2. The van der Waals surface area contributed by atoms with Gasteiger partial charge in [0.25, 0.3) is 5.91 Å². The van der Waals surface area contributed by atoms with Gasteiger partial charge in [0.15, 0.2) is 6.61 Å². The molecule has 1 heterocycles. The molecule has 0 bridgehead atoms. The number of amides is 1. The van der Waals surface area contributed by atoms with Crippen molar-refractivity contribution >= 4 is 63.7 Å². The van der Waals surface area contributed by atoms with Gasteiger partial charge in [-0.3, -0.25) is 4.79 Å². The van der Waals surface area contributed by atoms with Gasteiger partial charge in [-0.25, -0.2) is 9.78 Å². The number of aryl methyl sites for hydroxylation is 1. The predicted octanol–water partition coefficient (Wildman–Crippen LogP) is 5.87. The van der Waals surface area contributed by atoms with E-state index in [9.17, 15) is 9.59 Å².